The van der Waals surface area contributed by atoms with Gasteiger partial charge in [0.05, 0.1) is 11.6 Å². The number of hydrogen-bond donors (Lipinski definition) is 2. The molecule has 0 radical (unpaired) electrons. The van der Waals surface area contributed by atoms with E-state index in [1.54, 1.807) is 0 Å². The molecule has 0 aromatic heterocycles. The van der Waals surface area contributed by atoms with E-state index in [4.69, 9.17) is 10.5 Å². The molecule has 20 heavy (non-hydrogen) atoms. The SMILES string of the molecule is NC1(C(=O)NC2CCOC2c2ccccc2)CCCC1. The van der Waals surface area contributed by atoms with Crippen LogP contribution in [0.25, 0.3) is 0 Å². The van der Waals surface area contributed by atoms with Crippen LogP contribution in [0.4, 0.5) is 0 Å². The number of benzene rings is 1. The van der Waals surface area contributed by atoms with Crippen LogP contribution in [0.1, 0.15) is 43.8 Å². The smallest absolute Gasteiger partial charge is 0.240 e. The highest BCUT2D eigenvalue weighted by atomic mass is 16.5. The minimum absolute atomic E-state index is 0.00793. The molecule has 1 aromatic carbocycles. The predicted molar refractivity (Wildman–Crippen MR) is 77.1 cm³/mol. The summed E-state index contributed by atoms with van der Waals surface area (Å²) in [6, 6.07) is 10.1. The normalized spacial score (nSPS) is 28.4. The van der Waals surface area contributed by atoms with Gasteiger partial charge in [-0.15, -0.1) is 0 Å². The number of amides is 1. The van der Waals surface area contributed by atoms with Gasteiger partial charge in [-0.3, -0.25) is 4.79 Å². The molecule has 1 saturated heterocycles. The Morgan fingerprint density at radius 2 is 1.95 bits per heavy atom. The molecule has 2 unspecified atom stereocenters. The average molecular weight is 274 g/mol. The van der Waals surface area contributed by atoms with Crippen molar-refractivity contribution >= 4 is 5.91 Å². The van der Waals surface area contributed by atoms with E-state index in [9.17, 15) is 4.79 Å². The second-order valence-electron chi connectivity index (χ2n) is 5.93. The molecule has 1 saturated carbocycles. The van der Waals surface area contributed by atoms with E-state index in [0.29, 0.717) is 6.61 Å². The Kier molecular flexibility index (Phi) is 3.76. The molecule has 1 aromatic rings. The van der Waals surface area contributed by atoms with Crippen LogP contribution in [-0.4, -0.2) is 24.1 Å². The van der Waals surface area contributed by atoms with Gasteiger partial charge in [-0.2, -0.15) is 0 Å². The van der Waals surface area contributed by atoms with Crippen molar-refractivity contribution in [3.05, 3.63) is 35.9 Å². The number of ether oxygens (including phenoxy) is 1. The van der Waals surface area contributed by atoms with Crippen molar-refractivity contribution in [1.29, 1.82) is 0 Å². The molecule has 2 atom stereocenters. The van der Waals surface area contributed by atoms with Crippen LogP contribution >= 0.6 is 0 Å². The summed E-state index contributed by atoms with van der Waals surface area (Å²) in [6.07, 6.45) is 4.48. The first-order valence-electron chi connectivity index (χ1n) is 7.45. The second-order valence-corrected chi connectivity index (χ2v) is 5.93. The molecule has 1 amide bonds. The van der Waals surface area contributed by atoms with Gasteiger partial charge in [-0.25, -0.2) is 0 Å². The third-order valence-corrected chi connectivity index (χ3v) is 4.48. The fraction of sp³-hybridized carbons (Fsp3) is 0.562. The summed E-state index contributed by atoms with van der Waals surface area (Å²) in [7, 11) is 0. The molecule has 1 aliphatic heterocycles. The van der Waals surface area contributed by atoms with Crippen LogP contribution in [0, 0.1) is 0 Å². The molecule has 4 nitrogen and oxygen atoms in total. The average Bonchev–Trinajstić information content (AvgIpc) is 3.10. The third-order valence-electron chi connectivity index (χ3n) is 4.48. The lowest BCUT2D eigenvalue weighted by Crippen LogP contribution is -2.54. The number of nitrogens with two attached hydrogens (primary N) is 1. The van der Waals surface area contributed by atoms with Gasteiger partial charge in [0.25, 0.3) is 0 Å². The van der Waals surface area contributed by atoms with Crippen molar-refractivity contribution < 1.29 is 9.53 Å². The van der Waals surface area contributed by atoms with E-state index in [0.717, 1.165) is 37.7 Å². The number of nitrogens with one attached hydrogen (secondary N) is 1. The van der Waals surface area contributed by atoms with E-state index in [1.165, 1.54) is 0 Å². The second kappa shape index (κ2) is 5.54. The van der Waals surface area contributed by atoms with Crippen LogP contribution in [0.5, 0.6) is 0 Å². The number of hydrogen-bond acceptors (Lipinski definition) is 3. The summed E-state index contributed by atoms with van der Waals surface area (Å²) in [5, 5.41) is 3.12. The van der Waals surface area contributed by atoms with E-state index in [1.807, 2.05) is 30.3 Å². The van der Waals surface area contributed by atoms with Gasteiger partial charge in [0, 0.05) is 6.61 Å². The minimum Gasteiger partial charge on any atom is -0.371 e. The van der Waals surface area contributed by atoms with Gasteiger partial charge in [-0.05, 0) is 24.8 Å². The zero-order valence-corrected chi connectivity index (χ0v) is 11.7. The Hall–Kier alpha value is -1.39. The largest absolute Gasteiger partial charge is 0.371 e. The molecule has 2 fully saturated rings. The van der Waals surface area contributed by atoms with Gasteiger partial charge in [0.15, 0.2) is 0 Å². The summed E-state index contributed by atoms with van der Waals surface area (Å²) in [4.78, 5) is 12.4. The predicted octanol–water partition coefficient (Wildman–Crippen LogP) is 1.90. The van der Waals surface area contributed by atoms with E-state index < -0.39 is 5.54 Å². The molecule has 108 valence electrons. The highest BCUT2D eigenvalue weighted by molar-refractivity contribution is 5.86. The summed E-state index contributed by atoms with van der Waals surface area (Å²) >= 11 is 0. The Morgan fingerprint density at radius 3 is 2.65 bits per heavy atom. The van der Waals surface area contributed by atoms with Gasteiger partial charge in [0.1, 0.15) is 6.10 Å². The first-order chi connectivity index (χ1) is 9.69. The zero-order valence-electron chi connectivity index (χ0n) is 11.7. The lowest BCUT2D eigenvalue weighted by atomic mass is 9.96. The van der Waals surface area contributed by atoms with Crippen LogP contribution in [-0.2, 0) is 9.53 Å². The van der Waals surface area contributed by atoms with Crippen molar-refractivity contribution in [3.63, 3.8) is 0 Å². The topological polar surface area (TPSA) is 64.4 Å². The van der Waals surface area contributed by atoms with Crippen molar-refractivity contribution in [2.24, 2.45) is 5.73 Å². The maximum absolute atomic E-state index is 12.4. The molecule has 1 heterocycles. The highest BCUT2D eigenvalue weighted by Crippen LogP contribution is 2.31. The number of carbonyl (C=O) groups is 1. The Balaban J connectivity index is 1.69. The van der Waals surface area contributed by atoms with Crippen molar-refractivity contribution in [2.45, 2.75) is 49.8 Å². The molecule has 0 bridgehead atoms. The first kappa shape index (κ1) is 13.6. The molecule has 3 rings (SSSR count). The van der Waals surface area contributed by atoms with Crippen LogP contribution < -0.4 is 11.1 Å². The fourth-order valence-electron chi connectivity index (χ4n) is 3.25. The fourth-order valence-corrected chi connectivity index (χ4v) is 3.25. The minimum atomic E-state index is -0.663. The molecule has 0 spiro atoms. The van der Waals surface area contributed by atoms with Gasteiger partial charge in [-0.1, -0.05) is 43.2 Å². The summed E-state index contributed by atoms with van der Waals surface area (Å²) in [5.74, 6) is -0.00793. The third kappa shape index (κ3) is 2.58. The number of rotatable bonds is 3. The van der Waals surface area contributed by atoms with Crippen molar-refractivity contribution in [2.75, 3.05) is 6.61 Å². The van der Waals surface area contributed by atoms with E-state index in [2.05, 4.69) is 5.32 Å². The van der Waals surface area contributed by atoms with Crippen molar-refractivity contribution in [3.8, 4) is 0 Å². The zero-order chi connectivity index (χ0) is 14.0. The summed E-state index contributed by atoms with van der Waals surface area (Å²) in [6.45, 7) is 0.683. The maximum Gasteiger partial charge on any atom is 0.240 e. The molecular formula is C16H22N2O2. The molecular weight excluding hydrogens is 252 g/mol. The quantitative estimate of drug-likeness (QED) is 0.885. The van der Waals surface area contributed by atoms with Gasteiger partial charge in [0.2, 0.25) is 5.91 Å². The summed E-state index contributed by atoms with van der Waals surface area (Å²) in [5.41, 5.74) is 6.67. The molecule has 1 aliphatic carbocycles. The van der Waals surface area contributed by atoms with Crippen LogP contribution in [0.2, 0.25) is 0 Å². The maximum atomic E-state index is 12.4. The van der Waals surface area contributed by atoms with Crippen LogP contribution in [0.15, 0.2) is 30.3 Å². The van der Waals surface area contributed by atoms with Gasteiger partial charge < -0.3 is 15.8 Å². The first-order valence-corrected chi connectivity index (χ1v) is 7.45. The highest BCUT2D eigenvalue weighted by Gasteiger charge is 2.40. The Morgan fingerprint density at radius 1 is 1.25 bits per heavy atom. The van der Waals surface area contributed by atoms with E-state index >= 15 is 0 Å². The number of carbonyl (C=O) groups excluding carboxylic acids is 1. The van der Waals surface area contributed by atoms with Gasteiger partial charge >= 0.3 is 0 Å². The van der Waals surface area contributed by atoms with Crippen molar-refractivity contribution in [1.82, 2.24) is 5.32 Å². The Bertz CT molecular complexity index is 469. The monoisotopic (exact) mass is 274 g/mol. The van der Waals surface area contributed by atoms with E-state index in [-0.39, 0.29) is 18.1 Å². The molecule has 2 aliphatic rings. The van der Waals surface area contributed by atoms with Crippen LogP contribution in [0.3, 0.4) is 0 Å². The standard InChI is InChI=1S/C16H22N2O2/c17-16(9-4-5-10-16)15(19)18-13-8-11-20-14(13)12-6-2-1-3-7-12/h1-3,6-7,13-14H,4-5,8-11,17H2,(H,18,19). The molecule has 3 N–H and O–H groups in total. The lowest BCUT2D eigenvalue weighted by molar-refractivity contribution is -0.127. The summed E-state index contributed by atoms with van der Waals surface area (Å²) < 4.78 is 5.79. The lowest BCUT2D eigenvalue weighted by Gasteiger charge is -2.27. The molecule has 4 heteroatoms. The Labute approximate surface area is 119 Å².